The van der Waals surface area contributed by atoms with Crippen molar-refractivity contribution < 1.29 is 4.74 Å². The summed E-state index contributed by atoms with van der Waals surface area (Å²) in [7, 11) is 1.67. The molecule has 0 saturated heterocycles. The quantitative estimate of drug-likeness (QED) is 0.856. The summed E-state index contributed by atoms with van der Waals surface area (Å²) in [6.45, 7) is 0. The molecule has 1 N–H and O–H groups in total. The van der Waals surface area contributed by atoms with E-state index in [2.05, 4.69) is 21.7 Å². The topological polar surface area (TPSA) is 52.0 Å². The van der Waals surface area contributed by atoms with Crippen LogP contribution in [0, 0.1) is 0 Å². The first kappa shape index (κ1) is 9.53. The first-order valence-corrected chi connectivity index (χ1v) is 5.72. The van der Waals surface area contributed by atoms with Crippen LogP contribution < -0.4 is 10.2 Å². The van der Waals surface area contributed by atoms with Crippen LogP contribution in [-0.2, 0) is 0 Å². The van der Waals surface area contributed by atoms with Crippen LogP contribution in [-0.4, -0.2) is 22.0 Å². The zero-order valence-corrected chi connectivity index (χ0v) is 9.44. The van der Waals surface area contributed by atoms with Crippen LogP contribution in [0.4, 0.5) is 0 Å². The monoisotopic (exact) mass is 234 g/mol. The number of nitrogens with one attached hydrogen (secondary N) is 1. The minimum Gasteiger partial charge on any atom is -0.497 e. The SMILES string of the molecule is COc1cccc(C2Nn3cnnc3S2)c1. The van der Waals surface area contributed by atoms with E-state index in [0.717, 1.165) is 16.5 Å². The van der Waals surface area contributed by atoms with Crippen LogP contribution in [0.1, 0.15) is 10.9 Å². The van der Waals surface area contributed by atoms with Crippen LogP contribution in [0.3, 0.4) is 0 Å². The van der Waals surface area contributed by atoms with Gasteiger partial charge in [-0.3, -0.25) is 0 Å². The smallest absolute Gasteiger partial charge is 0.212 e. The maximum Gasteiger partial charge on any atom is 0.212 e. The molecule has 1 aliphatic rings. The Morgan fingerprint density at radius 2 is 2.44 bits per heavy atom. The standard InChI is InChI=1S/C10H10N4OS/c1-15-8-4-2-3-7(5-8)9-13-14-6-11-12-10(14)16-9/h2-6,9,13H,1H3. The molecule has 1 aromatic carbocycles. The maximum atomic E-state index is 5.20. The van der Waals surface area contributed by atoms with Crippen LogP contribution >= 0.6 is 11.8 Å². The van der Waals surface area contributed by atoms with Crippen molar-refractivity contribution >= 4 is 11.8 Å². The van der Waals surface area contributed by atoms with Crippen molar-refractivity contribution in [1.29, 1.82) is 0 Å². The molecule has 0 bridgehead atoms. The second kappa shape index (κ2) is 3.71. The largest absolute Gasteiger partial charge is 0.497 e. The molecular formula is C10H10N4OS. The average molecular weight is 234 g/mol. The number of benzene rings is 1. The minimum absolute atomic E-state index is 0.167. The highest BCUT2D eigenvalue weighted by atomic mass is 32.2. The van der Waals surface area contributed by atoms with Gasteiger partial charge in [0.05, 0.1) is 7.11 Å². The van der Waals surface area contributed by atoms with E-state index in [9.17, 15) is 0 Å². The Balaban J connectivity index is 1.87. The van der Waals surface area contributed by atoms with Gasteiger partial charge in [0.2, 0.25) is 5.16 Å². The van der Waals surface area contributed by atoms with E-state index in [1.165, 1.54) is 0 Å². The van der Waals surface area contributed by atoms with E-state index in [-0.39, 0.29) is 5.37 Å². The molecule has 0 saturated carbocycles. The van der Waals surface area contributed by atoms with Gasteiger partial charge in [-0.1, -0.05) is 23.9 Å². The molecular weight excluding hydrogens is 224 g/mol. The molecule has 0 spiro atoms. The lowest BCUT2D eigenvalue weighted by molar-refractivity contribution is 0.414. The first-order chi connectivity index (χ1) is 7.86. The van der Waals surface area contributed by atoms with E-state index in [1.807, 2.05) is 22.9 Å². The zero-order valence-electron chi connectivity index (χ0n) is 8.62. The number of aromatic nitrogens is 3. The number of hydrogen-bond donors (Lipinski definition) is 1. The van der Waals surface area contributed by atoms with Gasteiger partial charge in [0.1, 0.15) is 17.5 Å². The Morgan fingerprint density at radius 3 is 3.25 bits per heavy atom. The van der Waals surface area contributed by atoms with Gasteiger partial charge in [-0.05, 0) is 17.7 Å². The Labute approximate surface area is 96.8 Å². The van der Waals surface area contributed by atoms with Crippen LogP contribution in [0.15, 0.2) is 35.7 Å². The lowest BCUT2D eigenvalue weighted by Gasteiger charge is -2.11. The van der Waals surface area contributed by atoms with Gasteiger partial charge in [0, 0.05) is 0 Å². The number of fused-ring (bicyclic) bond motifs is 1. The Bertz CT molecular complexity index is 493. The molecule has 16 heavy (non-hydrogen) atoms. The molecule has 1 atom stereocenters. The number of methoxy groups -OCH3 is 1. The fraction of sp³-hybridized carbons (Fsp3) is 0.200. The molecule has 1 aromatic heterocycles. The molecule has 0 radical (unpaired) electrons. The third kappa shape index (κ3) is 1.51. The number of thioether (sulfide) groups is 1. The summed E-state index contributed by atoms with van der Waals surface area (Å²) in [6, 6.07) is 8.00. The van der Waals surface area contributed by atoms with Crippen molar-refractivity contribution in [2.45, 2.75) is 10.5 Å². The Morgan fingerprint density at radius 1 is 1.50 bits per heavy atom. The summed E-state index contributed by atoms with van der Waals surface area (Å²) in [5.74, 6) is 0.863. The highest BCUT2D eigenvalue weighted by molar-refractivity contribution is 7.99. The van der Waals surface area contributed by atoms with Crippen molar-refractivity contribution in [3.05, 3.63) is 36.2 Å². The molecule has 0 amide bonds. The molecule has 3 rings (SSSR count). The molecule has 1 aliphatic heterocycles. The molecule has 0 fully saturated rings. The van der Waals surface area contributed by atoms with Crippen molar-refractivity contribution in [1.82, 2.24) is 14.9 Å². The predicted octanol–water partition coefficient (Wildman–Crippen LogP) is 1.63. The summed E-state index contributed by atoms with van der Waals surface area (Å²) in [5.41, 5.74) is 4.44. The predicted molar refractivity (Wildman–Crippen MR) is 61.0 cm³/mol. The van der Waals surface area contributed by atoms with Gasteiger partial charge in [-0.15, -0.1) is 10.2 Å². The summed E-state index contributed by atoms with van der Waals surface area (Å²) < 4.78 is 7.03. The van der Waals surface area contributed by atoms with Gasteiger partial charge in [-0.2, -0.15) is 0 Å². The third-order valence-corrected chi connectivity index (χ3v) is 3.50. The van der Waals surface area contributed by atoms with Crippen molar-refractivity contribution in [3.8, 4) is 5.75 Å². The van der Waals surface area contributed by atoms with Gasteiger partial charge >= 0.3 is 0 Å². The number of rotatable bonds is 2. The van der Waals surface area contributed by atoms with Gasteiger partial charge in [-0.25, -0.2) is 4.68 Å². The fourth-order valence-corrected chi connectivity index (χ4v) is 2.57. The van der Waals surface area contributed by atoms with Crippen molar-refractivity contribution in [2.24, 2.45) is 0 Å². The molecule has 82 valence electrons. The molecule has 1 unspecified atom stereocenters. The second-order valence-corrected chi connectivity index (χ2v) is 4.46. The van der Waals surface area contributed by atoms with E-state index in [0.29, 0.717) is 0 Å². The van der Waals surface area contributed by atoms with E-state index < -0.39 is 0 Å². The van der Waals surface area contributed by atoms with E-state index >= 15 is 0 Å². The fourth-order valence-electron chi connectivity index (χ4n) is 1.60. The average Bonchev–Trinajstić information content (AvgIpc) is 2.89. The van der Waals surface area contributed by atoms with Crippen LogP contribution in [0.2, 0.25) is 0 Å². The third-order valence-electron chi connectivity index (χ3n) is 2.39. The van der Waals surface area contributed by atoms with Crippen LogP contribution in [0.25, 0.3) is 0 Å². The first-order valence-electron chi connectivity index (χ1n) is 4.84. The highest BCUT2D eigenvalue weighted by Crippen LogP contribution is 2.38. The van der Waals surface area contributed by atoms with Crippen molar-refractivity contribution in [2.75, 3.05) is 12.5 Å². The summed E-state index contributed by atoms with van der Waals surface area (Å²) >= 11 is 1.64. The normalized spacial score (nSPS) is 17.9. The number of ether oxygens (including phenoxy) is 1. The van der Waals surface area contributed by atoms with Gasteiger partial charge in [0.25, 0.3) is 0 Å². The summed E-state index contributed by atoms with van der Waals surface area (Å²) in [6.07, 6.45) is 1.67. The molecule has 2 aromatic rings. The molecule has 5 nitrogen and oxygen atoms in total. The summed E-state index contributed by atoms with van der Waals surface area (Å²) in [5, 5.41) is 8.86. The van der Waals surface area contributed by atoms with E-state index in [1.54, 1.807) is 25.2 Å². The lowest BCUT2D eigenvalue weighted by Crippen LogP contribution is -2.11. The number of hydrogen-bond acceptors (Lipinski definition) is 5. The highest BCUT2D eigenvalue weighted by Gasteiger charge is 2.24. The van der Waals surface area contributed by atoms with Crippen molar-refractivity contribution in [3.63, 3.8) is 0 Å². The lowest BCUT2D eigenvalue weighted by atomic mass is 10.2. The van der Waals surface area contributed by atoms with Gasteiger partial charge in [0.15, 0.2) is 0 Å². The zero-order chi connectivity index (χ0) is 11.0. The Hall–Kier alpha value is -1.69. The second-order valence-electron chi connectivity index (χ2n) is 3.39. The number of nitrogens with zero attached hydrogens (tertiary/aromatic N) is 3. The maximum absolute atomic E-state index is 5.20. The molecule has 0 aliphatic carbocycles. The molecule has 2 heterocycles. The van der Waals surface area contributed by atoms with E-state index in [4.69, 9.17) is 4.74 Å². The summed E-state index contributed by atoms with van der Waals surface area (Å²) in [4.78, 5) is 0. The minimum atomic E-state index is 0.167. The molecule has 6 heteroatoms. The van der Waals surface area contributed by atoms with Crippen LogP contribution in [0.5, 0.6) is 5.75 Å². The van der Waals surface area contributed by atoms with Gasteiger partial charge < -0.3 is 10.2 Å². The Kier molecular flexibility index (Phi) is 2.21.